The van der Waals surface area contributed by atoms with Gasteiger partial charge in [-0.25, -0.2) is 4.79 Å². The summed E-state index contributed by atoms with van der Waals surface area (Å²) in [6, 6.07) is 25.8. The molecule has 1 saturated heterocycles. The first-order valence-electron chi connectivity index (χ1n) is 13.1. The molecular formula is C32H27NO4. The second kappa shape index (κ2) is 8.55. The van der Waals surface area contributed by atoms with E-state index in [9.17, 15) is 14.4 Å². The molecule has 0 N–H and O–H groups in total. The van der Waals surface area contributed by atoms with Gasteiger partial charge >= 0.3 is 5.97 Å². The van der Waals surface area contributed by atoms with E-state index < -0.39 is 12.0 Å². The van der Waals surface area contributed by atoms with Crippen LogP contribution in [0.4, 0.5) is 0 Å². The molecule has 3 aromatic rings. The van der Waals surface area contributed by atoms with Crippen molar-refractivity contribution in [1.29, 1.82) is 0 Å². The minimum absolute atomic E-state index is 0.111. The molecule has 2 amide bonds. The van der Waals surface area contributed by atoms with E-state index in [4.69, 9.17) is 4.74 Å². The molecular weight excluding hydrogens is 462 g/mol. The maximum absolute atomic E-state index is 13.8. The van der Waals surface area contributed by atoms with E-state index >= 15 is 0 Å². The number of amides is 2. The number of nitrogens with zero attached hydrogens (tertiary/aromatic N) is 1. The van der Waals surface area contributed by atoms with Crippen molar-refractivity contribution in [2.24, 2.45) is 35.5 Å². The highest BCUT2D eigenvalue weighted by molar-refractivity contribution is 6.09. The van der Waals surface area contributed by atoms with Crippen LogP contribution in [0.2, 0.25) is 0 Å². The monoisotopic (exact) mass is 489 g/mol. The highest BCUT2D eigenvalue weighted by atomic mass is 16.5. The number of ether oxygens (including phenoxy) is 1. The molecule has 3 aromatic carbocycles. The van der Waals surface area contributed by atoms with Gasteiger partial charge in [0.1, 0.15) is 11.8 Å². The Bertz CT molecular complexity index is 1360. The molecule has 1 aliphatic heterocycles. The van der Waals surface area contributed by atoms with E-state index in [0.717, 1.165) is 23.1 Å². The molecule has 5 nitrogen and oxygen atoms in total. The first-order valence-corrected chi connectivity index (χ1v) is 13.1. The van der Waals surface area contributed by atoms with Crippen molar-refractivity contribution in [3.8, 4) is 16.9 Å². The van der Waals surface area contributed by atoms with Crippen LogP contribution in [0.25, 0.3) is 11.1 Å². The Morgan fingerprint density at radius 2 is 1.30 bits per heavy atom. The second-order valence-corrected chi connectivity index (χ2v) is 10.7. The second-order valence-electron chi connectivity index (χ2n) is 10.7. The van der Waals surface area contributed by atoms with E-state index in [1.54, 1.807) is 12.1 Å². The Labute approximate surface area is 215 Å². The maximum Gasteiger partial charge on any atom is 0.335 e. The number of likely N-dealkylation sites (tertiary alicyclic amines) is 1. The van der Waals surface area contributed by atoms with Crippen molar-refractivity contribution < 1.29 is 19.1 Å². The van der Waals surface area contributed by atoms with E-state index in [2.05, 4.69) is 12.2 Å². The van der Waals surface area contributed by atoms with Crippen LogP contribution in [-0.2, 0) is 20.8 Å². The predicted octanol–water partition coefficient (Wildman–Crippen LogP) is 4.92. The smallest absolute Gasteiger partial charge is 0.335 e. The van der Waals surface area contributed by atoms with Crippen LogP contribution >= 0.6 is 0 Å². The summed E-state index contributed by atoms with van der Waals surface area (Å²) in [6.07, 6.45) is 5.62. The van der Waals surface area contributed by atoms with Crippen molar-refractivity contribution in [3.05, 3.63) is 103 Å². The van der Waals surface area contributed by atoms with Gasteiger partial charge in [0.05, 0.1) is 11.8 Å². The molecule has 184 valence electrons. The van der Waals surface area contributed by atoms with Gasteiger partial charge in [0.2, 0.25) is 11.8 Å². The zero-order chi connectivity index (χ0) is 25.1. The van der Waals surface area contributed by atoms with Gasteiger partial charge in [0.25, 0.3) is 0 Å². The van der Waals surface area contributed by atoms with Gasteiger partial charge in [-0.05, 0) is 58.9 Å². The third-order valence-corrected chi connectivity index (χ3v) is 8.73. The molecule has 4 aliphatic carbocycles. The number of hydrogen-bond acceptors (Lipinski definition) is 4. The molecule has 2 bridgehead atoms. The molecule has 7 atom stereocenters. The molecule has 0 spiro atoms. The zero-order valence-electron chi connectivity index (χ0n) is 20.3. The summed E-state index contributed by atoms with van der Waals surface area (Å²) in [6.45, 7) is 0. The standard InChI is InChI=1S/C32H27NO4/c34-30-28-23-15-16-24(26-18-25(23)26)29(28)31(35)33(30)27(17-19-7-3-1-4-8-19)32(36)37-22-13-11-21(12-14-22)20-9-5-2-6-10-20/h1-16,23-29H,17-18H2. The normalized spacial score (nSPS) is 29.6. The van der Waals surface area contributed by atoms with E-state index in [0.29, 0.717) is 17.6 Å². The summed E-state index contributed by atoms with van der Waals surface area (Å²) in [5.41, 5.74) is 2.96. The summed E-state index contributed by atoms with van der Waals surface area (Å²) in [7, 11) is 0. The van der Waals surface area contributed by atoms with E-state index in [1.807, 2.05) is 72.8 Å². The fraction of sp³-hybridized carbons (Fsp3) is 0.281. The SMILES string of the molecule is O=C(Oc1ccc(-c2ccccc2)cc1)C(Cc1ccccc1)N1C(=O)C2C3C=CC(C4CC34)C2C1=O. The van der Waals surface area contributed by atoms with Crippen molar-refractivity contribution in [3.63, 3.8) is 0 Å². The van der Waals surface area contributed by atoms with Crippen LogP contribution in [-0.4, -0.2) is 28.7 Å². The van der Waals surface area contributed by atoms with Gasteiger partial charge in [-0.2, -0.15) is 0 Å². The lowest BCUT2D eigenvalue weighted by Crippen LogP contribution is -2.48. The largest absolute Gasteiger partial charge is 0.425 e. The first-order chi connectivity index (χ1) is 18.1. The lowest BCUT2D eigenvalue weighted by molar-refractivity contribution is -0.153. The molecule has 0 aromatic heterocycles. The summed E-state index contributed by atoms with van der Waals surface area (Å²) in [4.78, 5) is 42.4. The Kier molecular flexibility index (Phi) is 5.13. The van der Waals surface area contributed by atoms with Gasteiger partial charge in [0, 0.05) is 6.42 Å². The van der Waals surface area contributed by atoms with Crippen LogP contribution in [0, 0.1) is 35.5 Å². The minimum atomic E-state index is -1.00. The minimum Gasteiger partial charge on any atom is -0.425 e. The van der Waals surface area contributed by atoms with Crippen LogP contribution in [0.3, 0.4) is 0 Å². The van der Waals surface area contributed by atoms with Crippen LogP contribution in [0.15, 0.2) is 97.1 Å². The summed E-state index contributed by atoms with van der Waals surface area (Å²) >= 11 is 0. The number of carbonyl (C=O) groups is 3. The van der Waals surface area contributed by atoms with E-state index in [-0.39, 0.29) is 41.9 Å². The Hall–Kier alpha value is -3.99. The first kappa shape index (κ1) is 22.2. The Morgan fingerprint density at radius 3 is 1.89 bits per heavy atom. The number of rotatable bonds is 6. The average Bonchev–Trinajstić information content (AvgIpc) is 3.72. The number of benzene rings is 3. The van der Waals surface area contributed by atoms with Gasteiger partial charge in [0.15, 0.2) is 0 Å². The zero-order valence-corrected chi connectivity index (χ0v) is 20.3. The quantitative estimate of drug-likeness (QED) is 0.213. The fourth-order valence-corrected chi connectivity index (χ4v) is 6.93. The van der Waals surface area contributed by atoms with Gasteiger partial charge in [-0.1, -0.05) is 84.9 Å². The number of allylic oxidation sites excluding steroid dienone is 2. The molecule has 8 rings (SSSR count). The molecule has 7 unspecified atom stereocenters. The summed E-state index contributed by atoms with van der Waals surface area (Å²) < 4.78 is 5.80. The molecule has 37 heavy (non-hydrogen) atoms. The van der Waals surface area contributed by atoms with Crippen LogP contribution in [0.5, 0.6) is 5.75 Å². The molecule has 1 heterocycles. The molecule has 5 heteroatoms. The van der Waals surface area contributed by atoms with Crippen molar-refractivity contribution in [1.82, 2.24) is 4.90 Å². The van der Waals surface area contributed by atoms with Crippen LogP contribution < -0.4 is 4.74 Å². The lowest BCUT2D eigenvalue weighted by atomic mass is 9.63. The number of hydrogen-bond donors (Lipinski definition) is 0. The highest BCUT2D eigenvalue weighted by Gasteiger charge is 2.68. The summed E-state index contributed by atoms with van der Waals surface area (Å²) in [5, 5.41) is 0. The topological polar surface area (TPSA) is 63.7 Å². The van der Waals surface area contributed by atoms with Gasteiger partial charge in [-0.3, -0.25) is 14.5 Å². The van der Waals surface area contributed by atoms with Gasteiger partial charge in [-0.15, -0.1) is 0 Å². The molecule has 3 fully saturated rings. The number of carbonyl (C=O) groups excluding carboxylic acids is 3. The van der Waals surface area contributed by atoms with Crippen molar-refractivity contribution >= 4 is 17.8 Å². The Balaban J connectivity index is 1.17. The number of imide groups is 1. The van der Waals surface area contributed by atoms with E-state index in [1.165, 1.54) is 4.90 Å². The Morgan fingerprint density at radius 1 is 0.757 bits per heavy atom. The fourth-order valence-electron chi connectivity index (χ4n) is 6.93. The highest BCUT2D eigenvalue weighted by Crippen LogP contribution is 2.65. The molecule has 2 saturated carbocycles. The van der Waals surface area contributed by atoms with Gasteiger partial charge < -0.3 is 4.74 Å². The third kappa shape index (κ3) is 3.64. The predicted molar refractivity (Wildman–Crippen MR) is 138 cm³/mol. The maximum atomic E-state index is 13.8. The molecule has 5 aliphatic rings. The average molecular weight is 490 g/mol. The molecule has 0 radical (unpaired) electrons. The summed E-state index contributed by atoms with van der Waals surface area (Å²) in [5.74, 6) is -0.0599. The van der Waals surface area contributed by atoms with Crippen molar-refractivity contribution in [2.75, 3.05) is 0 Å². The van der Waals surface area contributed by atoms with Crippen LogP contribution in [0.1, 0.15) is 12.0 Å². The third-order valence-electron chi connectivity index (χ3n) is 8.73. The van der Waals surface area contributed by atoms with Crippen molar-refractivity contribution in [2.45, 2.75) is 18.9 Å². The lowest BCUT2D eigenvalue weighted by Gasteiger charge is -2.37. The number of esters is 1.